The maximum atomic E-state index is 10.9. The summed E-state index contributed by atoms with van der Waals surface area (Å²) < 4.78 is 70.2. The third kappa shape index (κ3) is 15.4. The van der Waals surface area contributed by atoms with E-state index in [1.165, 1.54) is 63.5 Å². The molecule has 0 aliphatic rings. The Labute approximate surface area is 193 Å². The molecule has 0 radical (unpaired) electrons. The molecule has 0 aromatic heterocycles. The minimum absolute atomic E-state index is 0.298. The van der Waals surface area contributed by atoms with Crippen molar-refractivity contribution in [2.24, 2.45) is 5.92 Å². The van der Waals surface area contributed by atoms with Crippen LogP contribution >= 0.6 is 0 Å². The van der Waals surface area contributed by atoms with Gasteiger partial charge in [0.1, 0.15) is 11.5 Å². The molecule has 0 unspecified atom stereocenters. The Bertz CT molecular complexity index is 814. The van der Waals surface area contributed by atoms with E-state index in [1.807, 2.05) is 0 Å². The van der Waals surface area contributed by atoms with Crippen molar-refractivity contribution in [3.05, 3.63) is 23.8 Å². The standard InChI is InChI=1S/C22H38O8S2/c1-3-19(2)14-12-10-8-6-4-5-7-9-11-13-15-20-16-21(29-31(23,24)25)18-22(17-20)30-32(26,27)28/h16-19H,3-15H2,1-2H3,(H,23,24,25)(H,26,27,28)/t19-/m0/s1. The molecule has 32 heavy (non-hydrogen) atoms. The fourth-order valence-corrected chi connectivity index (χ4v) is 4.23. The van der Waals surface area contributed by atoms with Crippen molar-refractivity contribution in [3.63, 3.8) is 0 Å². The van der Waals surface area contributed by atoms with Crippen molar-refractivity contribution in [2.75, 3.05) is 0 Å². The van der Waals surface area contributed by atoms with E-state index in [4.69, 9.17) is 9.11 Å². The lowest BCUT2D eigenvalue weighted by Crippen LogP contribution is -2.09. The van der Waals surface area contributed by atoms with E-state index in [0.717, 1.165) is 37.7 Å². The van der Waals surface area contributed by atoms with Gasteiger partial charge in [0.25, 0.3) is 0 Å². The topological polar surface area (TPSA) is 127 Å². The average molecular weight is 495 g/mol. The molecule has 10 heteroatoms. The van der Waals surface area contributed by atoms with Gasteiger partial charge >= 0.3 is 20.8 Å². The van der Waals surface area contributed by atoms with E-state index in [-0.39, 0.29) is 11.5 Å². The van der Waals surface area contributed by atoms with Crippen LogP contribution in [0.25, 0.3) is 0 Å². The van der Waals surface area contributed by atoms with Gasteiger partial charge in [0, 0.05) is 6.07 Å². The summed E-state index contributed by atoms with van der Waals surface area (Å²) in [4.78, 5) is 0. The first-order valence-electron chi connectivity index (χ1n) is 11.5. The van der Waals surface area contributed by atoms with Gasteiger partial charge < -0.3 is 8.37 Å². The normalized spacial score (nSPS) is 13.1. The predicted octanol–water partition coefficient (Wildman–Crippen LogP) is 5.93. The van der Waals surface area contributed by atoms with Crippen LogP contribution in [0.2, 0.25) is 0 Å². The van der Waals surface area contributed by atoms with Crippen LogP contribution < -0.4 is 8.37 Å². The zero-order chi connectivity index (χ0) is 24.0. The van der Waals surface area contributed by atoms with Crippen LogP contribution in [0.4, 0.5) is 0 Å². The summed E-state index contributed by atoms with van der Waals surface area (Å²) in [7, 11) is -9.55. The molecule has 1 aromatic carbocycles. The van der Waals surface area contributed by atoms with Gasteiger partial charge in [-0.25, -0.2) is 0 Å². The minimum Gasteiger partial charge on any atom is -0.362 e. The molecular weight excluding hydrogens is 456 g/mol. The Balaban J connectivity index is 2.30. The van der Waals surface area contributed by atoms with Gasteiger partial charge in [-0.05, 0) is 36.5 Å². The molecule has 0 spiro atoms. The predicted molar refractivity (Wildman–Crippen MR) is 125 cm³/mol. The molecule has 0 heterocycles. The maximum absolute atomic E-state index is 10.9. The largest absolute Gasteiger partial charge is 0.446 e. The first-order valence-corrected chi connectivity index (χ1v) is 14.2. The lowest BCUT2D eigenvalue weighted by Gasteiger charge is -2.09. The van der Waals surface area contributed by atoms with Crippen LogP contribution in [0.15, 0.2) is 18.2 Å². The summed E-state index contributed by atoms with van der Waals surface area (Å²) in [5.41, 5.74) is 0.571. The smallest absolute Gasteiger partial charge is 0.362 e. The quantitative estimate of drug-likeness (QED) is 0.190. The van der Waals surface area contributed by atoms with Crippen LogP contribution in [0.1, 0.15) is 96.5 Å². The Kier molecular flexibility index (Phi) is 13.2. The molecule has 8 nitrogen and oxygen atoms in total. The van der Waals surface area contributed by atoms with Crippen molar-refractivity contribution < 1.29 is 34.3 Å². The Morgan fingerprint density at radius 1 is 0.719 bits per heavy atom. The van der Waals surface area contributed by atoms with Gasteiger partial charge in [0.2, 0.25) is 0 Å². The number of aryl methyl sites for hydroxylation is 1. The van der Waals surface area contributed by atoms with Crippen molar-refractivity contribution in [2.45, 2.75) is 97.3 Å². The lowest BCUT2D eigenvalue weighted by molar-refractivity contribution is 0.381. The molecule has 0 saturated heterocycles. The van der Waals surface area contributed by atoms with E-state index in [1.54, 1.807) is 0 Å². The second-order valence-corrected chi connectivity index (χ2v) is 10.5. The van der Waals surface area contributed by atoms with Crippen LogP contribution in [0, 0.1) is 5.92 Å². The highest BCUT2D eigenvalue weighted by atomic mass is 32.3. The molecule has 0 aliphatic carbocycles. The van der Waals surface area contributed by atoms with Gasteiger partial charge in [0.15, 0.2) is 0 Å². The number of unbranched alkanes of at least 4 members (excludes halogenated alkanes) is 9. The fourth-order valence-electron chi connectivity index (χ4n) is 3.55. The Morgan fingerprint density at radius 3 is 1.53 bits per heavy atom. The van der Waals surface area contributed by atoms with Crippen LogP contribution in [-0.2, 0) is 27.2 Å². The van der Waals surface area contributed by atoms with E-state index in [2.05, 4.69) is 22.2 Å². The zero-order valence-electron chi connectivity index (χ0n) is 19.2. The number of hydrogen-bond acceptors (Lipinski definition) is 6. The highest BCUT2D eigenvalue weighted by molar-refractivity contribution is 7.81. The first-order chi connectivity index (χ1) is 15.0. The van der Waals surface area contributed by atoms with Gasteiger partial charge in [-0.1, -0.05) is 84.5 Å². The van der Waals surface area contributed by atoms with Crippen molar-refractivity contribution in [3.8, 4) is 11.5 Å². The van der Waals surface area contributed by atoms with Crippen molar-refractivity contribution in [1.29, 1.82) is 0 Å². The van der Waals surface area contributed by atoms with Crippen LogP contribution in [0.3, 0.4) is 0 Å². The molecule has 1 atom stereocenters. The molecule has 0 fully saturated rings. The third-order valence-corrected chi connectivity index (χ3v) is 6.26. The second kappa shape index (κ2) is 14.7. The lowest BCUT2D eigenvalue weighted by atomic mass is 9.99. The highest BCUT2D eigenvalue weighted by Gasteiger charge is 2.14. The van der Waals surface area contributed by atoms with E-state index < -0.39 is 20.8 Å². The van der Waals surface area contributed by atoms with Gasteiger partial charge in [-0.15, -0.1) is 0 Å². The average Bonchev–Trinajstić information content (AvgIpc) is 2.65. The summed E-state index contributed by atoms with van der Waals surface area (Å²) in [5, 5.41) is 0. The van der Waals surface area contributed by atoms with Crippen LogP contribution in [-0.4, -0.2) is 25.9 Å². The van der Waals surface area contributed by atoms with Gasteiger partial charge in [0.05, 0.1) is 0 Å². The van der Waals surface area contributed by atoms with E-state index in [9.17, 15) is 16.8 Å². The van der Waals surface area contributed by atoms with E-state index in [0.29, 0.717) is 12.0 Å². The summed E-state index contributed by atoms with van der Waals surface area (Å²) in [6.45, 7) is 4.56. The zero-order valence-corrected chi connectivity index (χ0v) is 20.8. The van der Waals surface area contributed by atoms with Crippen LogP contribution in [0.5, 0.6) is 11.5 Å². The Morgan fingerprint density at radius 2 is 1.12 bits per heavy atom. The molecule has 0 saturated carbocycles. The fraction of sp³-hybridized carbons (Fsp3) is 0.727. The number of hydrogen-bond donors (Lipinski definition) is 2. The molecule has 0 aliphatic heterocycles. The third-order valence-electron chi connectivity index (χ3n) is 5.45. The van der Waals surface area contributed by atoms with Gasteiger partial charge in [-0.2, -0.15) is 16.8 Å². The second-order valence-electron chi connectivity index (χ2n) is 8.42. The Hall–Kier alpha value is -1.36. The van der Waals surface area contributed by atoms with E-state index >= 15 is 0 Å². The number of rotatable bonds is 18. The molecule has 2 N–H and O–H groups in total. The monoisotopic (exact) mass is 494 g/mol. The summed E-state index contributed by atoms with van der Waals surface area (Å²) in [5.74, 6) is 0.246. The summed E-state index contributed by atoms with van der Waals surface area (Å²) in [6, 6.07) is 3.72. The molecule has 186 valence electrons. The SMILES string of the molecule is CC[C@H](C)CCCCCCCCCCCCc1cc(OS(=O)(=O)O)cc(OS(=O)(=O)O)c1. The number of benzene rings is 1. The van der Waals surface area contributed by atoms with Crippen molar-refractivity contribution in [1.82, 2.24) is 0 Å². The van der Waals surface area contributed by atoms with Crippen molar-refractivity contribution >= 4 is 20.8 Å². The molecule has 1 rings (SSSR count). The minimum atomic E-state index is -4.77. The summed E-state index contributed by atoms with van der Waals surface area (Å²) in [6.07, 6.45) is 14.9. The molecular formula is C22H38O8S2. The molecule has 0 amide bonds. The maximum Gasteiger partial charge on any atom is 0.446 e. The molecule has 0 bridgehead atoms. The summed E-state index contributed by atoms with van der Waals surface area (Å²) >= 11 is 0. The first kappa shape index (κ1) is 28.7. The highest BCUT2D eigenvalue weighted by Crippen LogP contribution is 2.26. The van der Waals surface area contributed by atoms with Gasteiger partial charge in [-0.3, -0.25) is 9.11 Å². The molecule has 1 aromatic rings.